The highest BCUT2D eigenvalue weighted by Crippen LogP contribution is 2.34. The number of nitrogens with zero attached hydrogens (tertiary/aromatic N) is 2. The van der Waals surface area contributed by atoms with Crippen molar-refractivity contribution in [1.82, 2.24) is 9.97 Å². The number of nitrogen functional groups attached to an aromatic ring is 1. The van der Waals surface area contributed by atoms with Crippen molar-refractivity contribution in [3.63, 3.8) is 0 Å². The highest BCUT2D eigenvalue weighted by atomic mass is 35.5. The Morgan fingerprint density at radius 1 is 1.00 bits per heavy atom. The number of hydrogen-bond donors (Lipinski definition) is 1. The van der Waals surface area contributed by atoms with Gasteiger partial charge in [0.25, 0.3) is 0 Å². The summed E-state index contributed by atoms with van der Waals surface area (Å²) in [5.41, 5.74) is 6.06. The van der Waals surface area contributed by atoms with Crippen LogP contribution in [-0.2, 0) is 0 Å². The molecule has 7 heteroatoms. The molecule has 1 aromatic carbocycles. The molecule has 4 nitrogen and oxygen atoms in total. The summed E-state index contributed by atoms with van der Waals surface area (Å²) in [4.78, 5) is 7.74. The number of hydrogen-bond acceptors (Lipinski definition) is 4. The molecular weight excluding hydrogens is 284 g/mol. The van der Waals surface area contributed by atoms with Crippen LogP contribution in [0, 0.1) is 0 Å². The third kappa shape index (κ3) is 2.91. The molecule has 1 aromatic heterocycles. The van der Waals surface area contributed by atoms with Gasteiger partial charge in [0, 0.05) is 6.07 Å². The number of halogens is 3. The van der Waals surface area contributed by atoms with Gasteiger partial charge in [0.2, 0.25) is 0 Å². The minimum absolute atomic E-state index is 0.125. The van der Waals surface area contributed by atoms with Crippen molar-refractivity contribution >= 4 is 40.5 Å². The Balaban J connectivity index is 2.30. The van der Waals surface area contributed by atoms with E-state index in [9.17, 15) is 0 Å². The maximum atomic E-state index is 5.85. The molecule has 2 aromatic rings. The molecule has 0 fully saturated rings. The van der Waals surface area contributed by atoms with E-state index in [4.69, 9.17) is 45.3 Å². The molecule has 0 saturated heterocycles. The first-order chi connectivity index (χ1) is 8.06. The smallest absolute Gasteiger partial charge is 0.322 e. The first-order valence-electron chi connectivity index (χ1n) is 4.46. The van der Waals surface area contributed by atoms with Gasteiger partial charge in [-0.05, 0) is 6.07 Å². The molecule has 0 radical (unpaired) electrons. The number of benzene rings is 1. The number of rotatable bonds is 2. The van der Waals surface area contributed by atoms with Crippen LogP contribution < -0.4 is 10.5 Å². The maximum absolute atomic E-state index is 5.85. The molecule has 2 rings (SSSR count). The van der Waals surface area contributed by atoms with Gasteiger partial charge in [0.1, 0.15) is 0 Å². The highest BCUT2D eigenvalue weighted by Gasteiger charge is 2.08. The van der Waals surface area contributed by atoms with Crippen LogP contribution in [0.3, 0.4) is 0 Å². The highest BCUT2D eigenvalue weighted by molar-refractivity contribution is 6.42. The van der Waals surface area contributed by atoms with E-state index in [1.165, 1.54) is 24.5 Å². The molecule has 0 unspecified atom stereocenters. The standard InChI is InChI=1S/C10H6Cl3N3O/c11-5-3-15-10(16-4-5)17-9-2-7(13)6(12)1-8(9)14/h1-4H,14H2. The van der Waals surface area contributed by atoms with Crippen LogP contribution in [0.4, 0.5) is 5.69 Å². The first kappa shape index (κ1) is 12.2. The van der Waals surface area contributed by atoms with Crippen molar-refractivity contribution in [2.24, 2.45) is 0 Å². The second kappa shape index (κ2) is 4.96. The van der Waals surface area contributed by atoms with Crippen molar-refractivity contribution in [3.8, 4) is 11.8 Å². The van der Waals surface area contributed by atoms with E-state index >= 15 is 0 Å². The second-order valence-corrected chi connectivity index (χ2v) is 4.34. The lowest BCUT2D eigenvalue weighted by molar-refractivity contribution is 0.444. The molecule has 0 saturated carbocycles. The van der Waals surface area contributed by atoms with Gasteiger partial charge in [-0.1, -0.05) is 34.8 Å². The predicted octanol–water partition coefficient (Wildman–Crippen LogP) is 3.81. The number of anilines is 1. The Bertz CT molecular complexity index is 545. The van der Waals surface area contributed by atoms with Crippen molar-refractivity contribution in [2.45, 2.75) is 0 Å². The normalized spacial score (nSPS) is 10.3. The SMILES string of the molecule is Nc1cc(Cl)c(Cl)cc1Oc1ncc(Cl)cn1. The van der Waals surface area contributed by atoms with Gasteiger partial charge < -0.3 is 10.5 Å². The molecule has 0 amide bonds. The Labute approximate surface area is 112 Å². The van der Waals surface area contributed by atoms with Crippen LogP contribution in [0.25, 0.3) is 0 Å². The third-order valence-corrected chi connectivity index (χ3v) is 2.77. The van der Waals surface area contributed by atoms with Crippen LogP contribution in [0.5, 0.6) is 11.8 Å². The van der Waals surface area contributed by atoms with E-state index < -0.39 is 0 Å². The van der Waals surface area contributed by atoms with Crippen LogP contribution >= 0.6 is 34.8 Å². The molecule has 0 aliphatic rings. The van der Waals surface area contributed by atoms with Gasteiger partial charge in [0.15, 0.2) is 5.75 Å². The van der Waals surface area contributed by atoms with E-state index in [0.29, 0.717) is 26.5 Å². The average Bonchev–Trinajstić information content (AvgIpc) is 2.29. The quantitative estimate of drug-likeness (QED) is 0.854. The average molecular weight is 291 g/mol. The van der Waals surface area contributed by atoms with E-state index in [2.05, 4.69) is 9.97 Å². The van der Waals surface area contributed by atoms with Crippen LogP contribution in [0.2, 0.25) is 15.1 Å². The predicted molar refractivity (Wildman–Crippen MR) is 68.0 cm³/mol. The van der Waals surface area contributed by atoms with Crippen molar-refractivity contribution in [2.75, 3.05) is 5.73 Å². The summed E-state index contributed by atoms with van der Waals surface area (Å²) in [6.07, 6.45) is 2.83. The van der Waals surface area contributed by atoms with Crippen molar-refractivity contribution in [1.29, 1.82) is 0 Å². The summed E-state index contributed by atoms with van der Waals surface area (Å²) < 4.78 is 5.35. The lowest BCUT2D eigenvalue weighted by Gasteiger charge is -2.07. The zero-order valence-electron chi connectivity index (χ0n) is 8.32. The summed E-state index contributed by atoms with van der Waals surface area (Å²) in [7, 11) is 0. The van der Waals surface area contributed by atoms with E-state index in [-0.39, 0.29) is 6.01 Å². The van der Waals surface area contributed by atoms with Gasteiger partial charge in [-0.3, -0.25) is 0 Å². The molecule has 17 heavy (non-hydrogen) atoms. The van der Waals surface area contributed by atoms with Crippen LogP contribution in [-0.4, -0.2) is 9.97 Å². The van der Waals surface area contributed by atoms with E-state index in [1.54, 1.807) is 0 Å². The van der Waals surface area contributed by atoms with Gasteiger partial charge >= 0.3 is 6.01 Å². The monoisotopic (exact) mass is 289 g/mol. The van der Waals surface area contributed by atoms with Crippen LogP contribution in [0.15, 0.2) is 24.5 Å². The minimum Gasteiger partial charge on any atom is -0.422 e. The lowest BCUT2D eigenvalue weighted by atomic mass is 10.3. The molecule has 0 atom stereocenters. The fraction of sp³-hybridized carbons (Fsp3) is 0. The summed E-state index contributed by atoms with van der Waals surface area (Å²) in [5.74, 6) is 0.335. The molecule has 0 bridgehead atoms. The summed E-state index contributed by atoms with van der Waals surface area (Å²) >= 11 is 17.3. The maximum Gasteiger partial charge on any atom is 0.322 e. The third-order valence-electron chi connectivity index (χ3n) is 1.85. The number of aromatic nitrogens is 2. The van der Waals surface area contributed by atoms with Crippen molar-refractivity contribution < 1.29 is 4.74 Å². The molecule has 0 spiro atoms. The lowest BCUT2D eigenvalue weighted by Crippen LogP contribution is -1.95. The van der Waals surface area contributed by atoms with E-state index in [0.717, 1.165) is 0 Å². The number of ether oxygens (including phenoxy) is 1. The molecule has 1 heterocycles. The zero-order chi connectivity index (χ0) is 12.4. The van der Waals surface area contributed by atoms with Gasteiger partial charge in [-0.2, -0.15) is 0 Å². The fourth-order valence-electron chi connectivity index (χ4n) is 1.08. The topological polar surface area (TPSA) is 61.0 Å². The molecule has 0 aliphatic heterocycles. The Hall–Kier alpha value is -1.23. The van der Waals surface area contributed by atoms with E-state index in [1.807, 2.05) is 0 Å². The van der Waals surface area contributed by atoms with Gasteiger partial charge in [-0.15, -0.1) is 0 Å². The van der Waals surface area contributed by atoms with Crippen molar-refractivity contribution in [3.05, 3.63) is 39.6 Å². The van der Waals surface area contributed by atoms with Crippen LogP contribution in [0.1, 0.15) is 0 Å². The molecule has 0 aliphatic carbocycles. The fourth-order valence-corrected chi connectivity index (χ4v) is 1.51. The largest absolute Gasteiger partial charge is 0.422 e. The summed E-state index contributed by atoms with van der Waals surface area (Å²) in [6, 6.07) is 3.12. The second-order valence-electron chi connectivity index (χ2n) is 3.09. The molecule has 88 valence electrons. The number of nitrogens with two attached hydrogens (primary N) is 1. The minimum atomic E-state index is 0.125. The Morgan fingerprint density at radius 3 is 2.24 bits per heavy atom. The summed E-state index contributed by atoms with van der Waals surface area (Å²) in [6.45, 7) is 0. The van der Waals surface area contributed by atoms with Gasteiger partial charge in [-0.25, -0.2) is 9.97 Å². The molecule has 2 N–H and O–H groups in total. The zero-order valence-corrected chi connectivity index (χ0v) is 10.6. The Morgan fingerprint density at radius 2 is 1.59 bits per heavy atom. The Kier molecular flexibility index (Phi) is 3.57. The molecular formula is C10H6Cl3N3O. The summed E-state index contributed by atoms with van der Waals surface area (Å²) in [5, 5.41) is 1.11. The first-order valence-corrected chi connectivity index (χ1v) is 5.59. The van der Waals surface area contributed by atoms with Gasteiger partial charge in [0.05, 0.1) is 33.1 Å².